The van der Waals surface area contributed by atoms with Gasteiger partial charge < -0.3 is 10.4 Å². The van der Waals surface area contributed by atoms with Gasteiger partial charge in [0, 0.05) is 13.0 Å². The van der Waals surface area contributed by atoms with Crippen molar-refractivity contribution in [2.45, 2.75) is 44.9 Å². The van der Waals surface area contributed by atoms with Crippen LogP contribution in [-0.4, -0.2) is 43.5 Å². The molecular weight excluding hydrogens is 294 g/mol. The molecule has 0 radical (unpaired) electrons. The normalized spacial score (nSPS) is 27.1. The number of carbonyl (C=O) groups excluding carboxylic acids is 1. The van der Waals surface area contributed by atoms with Gasteiger partial charge in [0.1, 0.15) is 0 Å². The number of carbonyl (C=O) groups is 2. The van der Waals surface area contributed by atoms with Gasteiger partial charge in [-0.1, -0.05) is 19.3 Å². The molecule has 1 heterocycles. The summed E-state index contributed by atoms with van der Waals surface area (Å²) in [5.74, 6) is -0.889. The van der Waals surface area contributed by atoms with Gasteiger partial charge >= 0.3 is 5.97 Å². The van der Waals surface area contributed by atoms with E-state index in [0.29, 0.717) is 25.8 Å². The highest BCUT2D eigenvalue weighted by atomic mass is 32.2. The Balaban J connectivity index is 1.84. The Labute approximate surface area is 125 Å². The Kier molecular flexibility index (Phi) is 4.91. The molecule has 1 saturated carbocycles. The first-order valence-corrected chi connectivity index (χ1v) is 9.36. The van der Waals surface area contributed by atoms with Crippen molar-refractivity contribution in [1.29, 1.82) is 0 Å². The van der Waals surface area contributed by atoms with Crippen LogP contribution in [0.4, 0.5) is 0 Å². The summed E-state index contributed by atoms with van der Waals surface area (Å²) >= 11 is 0. The maximum atomic E-state index is 12.0. The van der Waals surface area contributed by atoms with Gasteiger partial charge in [0.25, 0.3) is 0 Å². The third kappa shape index (κ3) is 4.18. The molecule has 0 aromatic carbocycles. The molecule has 21 heavy (non-hydrogen) atoms. The zero-order valence-electron chi connectivity index (χ0n) is 12.1. The minimum absolute atomic E-state index is 0.00179. The third-order valence-electron chi connectivity index (χ3n) is 4.68. The highest BCUT2D eigenvalue weighted by molar-refractivity contribution is 7.91. The Morgan fingerprint density at radius 1 is 1.19 bits per heavy atom. The summed E-state index contributed by atoms with van der Waals surface area (Å²) < 4.78 is 22.7. The van der Waals surface area contributed by atoms with Crippen LogP contribution in [0.3, 0.4) is 0 Å². The molecule has 1 aliphatic heterocycles. The number of rotatable bonds is 5. The molecule has 0 spiro atoms. The second-order valence-electron chi connectivity index (χ2n) is 6.40. The first-order valence-electron chi connectivity index (χ1n) is 7.54. The molecule has 0 bridgehead atoms. The van der Waals surface area contributed by atoms with Crippen LogP contribution in [0.15, 0.2) is 0 Å². The predicted octanol–water partition coefficient (Wildman–Crippen LogP) is 0.963. The standard InChI is InChI=1S/C14H23NO5S/c16-12(15-9-11-4-7-21(19,20)10-11)8-14(13(17)18)5-2-1-3-6-14/h11H,1-10H2,(H,15,16)(H,17,18). The predicted molar refractivity (Wildman–Crippen MR) is 77.5 cm³/mol. The van der Waals surface area contributed by atoms with Gasteiger partial charge in [0.05, 0.1) is 16.9 Å². The Bertz CT molecular complexity index is 507. The number of hydrogen-bond donors (Lipinski definition) is 2. The molecule has 2 N–H and O–H groups in total. The van der Waals surface area contributed by atoms with Crippen LogP contribution < -0.4 is 5.32 Å². The summed E-state index contributed by atoms with van der Waals surface area (Å²) in [6, 6.07) is 0. The van der Waals surface area contributed by atoms with Crippen molar-refractivity contribution >= 4 is 21.7 Å². The topological polar surface area (TPSA) is 101 Å². The van der Waals surface area contributed by atoms with Gasteiger partial charge in [0.2, 0.25) is 5.91 Å². The minimum Gasteiger partial charge on any atom is -0.481 e. The van der Waals surface area contributed by atoms with Crippen LogP contribution in [0.1, 0.15) is 44.9 Å². The van der Waals surface area contributed by atoms with E-state index in [1.807, 2.05) is 0 Å². The summed E-state index contributed by atoms with van der Waals surface area (Å²) in [7, 11) is -2.94. The van der Waals surface area contributed by atoms with Crippen molar-refractivity contribution in [1.82, 2.24) is 5.32 Å². The summed E-state index contributed by atoms with van der Waals surface area (Å²) in [5.41, 5.74) is -0.927. The molecule has 1 aliphatic carbocycles. The average Bonchev–Trinajstić information content (AvgIpc) is 2.77. The van der Waals surface area contributed by atoms with E-state index in [9.17, 15) is 23.1 Å². The van der Waals surface area contributed by atoms with Crippen LogP contribution in [0.2, 0.25) is 0 Å². The fraction of sp³-hybridized carbons (Fsp3) is 0.857. The second-order valence-corrected chi connectivity index (χ2v) is 8.62. The molecule has 0 aromatic rings. The van der Waals surface area contributed by atoms with E-state index in [-0.39, 0.29) is 29.8 Å². The van der Waals surface area contributed by atoms with Crippen molar-refractivity contribution in [2.75, 3.05) is 18.1 Å². The molecular formula is C14H23NO5S. The van der Waals surface area contributed by atoms with Crippen LogP contribution in [0.25, 0.3) is 0 Å². The first-order chi connectivity index (χ1) is 9.83. The summed E-state index contributed by atoms with van der Waals surface area (Å²) in [4.78, 5) is 23.5. The van der Waals surface area contributed by atoms with E-state index in [1.54, 1.807) is 0 Å². The molecule has 1 atom stereocenters. The summed E-state index contributed by atoms with van der Waals surface area (Å²) in [5, 5.41) is 12.1. The van der Waals surface area contributed by atoms with Crippen molar-refractivity contribution in [3.63, 3.8) is 0 Å². The molecule has 2 rings (SSSR count). The van der Waals surface area contributed by atoms with Gasteiger partial charge in [-0.05, 0) is 25.2 Å². The zero-order valence-corrected chi connectivity index (χ0v) is 13.0. The lowest BCUT2D eigenvalue weighted by atomic mass is 9.71. The van der Waals surface area contributed by atoms with E-state index in [4.69, 9.17) is 0 Å². The lowest BCUT2D eigenvalue weighted by Crippen LogP contribution is -2.40. The number of carboxylic acid groups (broad SMARTS) is 1. The van der Waals surface area contributed by atoms with E-state index in [2.05, 4.69) is 5.32 Å². The summed E-state index contributed by atoms with van der Waals surface area (Å²) in [6.07, 6.45) is 4.40. The molecule has 1 unspecified atom stereocenters. The smallest absolute Gasteiger partial charge is 0.310 e. The fourth-order valence-corrected chi connectivity index (χ4v) is 5.22. The number of aliphatic carboxylic acids is 1. The molecule has 2 fully saturated rings. The van der Waals surface area contributed by atoms with Gasteiger partial charge in [-0.25, -0.2) is 8.42 Å². The minimum atomic E-state index is -2.94. The maximum Gasteiger partial charge on any atom is 0.310 e. The van der Waals surface area contributed by atoms with Crippen LogP contribution in [0.5, 0.6) is 0 Å². The fourth-order valence-electron chi connectivity index (χ4n) is 3.36. The van der Waals surface area contributed by atoms with Crippen LogP contribution in [0, 0.1) is 11.3 Å². The van der Waals surface area contributed by atoms with Crippen molar-refractivity contribution in [3.8, 4) is 0 Å². The molecule has 0 aromatic heterocycles. The Morgan fingerprint density at radius 2 is 1.86 bits per heavy atom. The van der Waals surface area contributed by atoms with Crippen LogP contribution >= 0.6 is 0 Å². The monoisotopic (exact) mass is 317 g/mol. The van der Waals surface area contributed by atoms with Gasteiger partial charge in [0.15, 0.2) is 9.84 Å². The number of sulfone groups is 1. The number of amides is 1. The maximum absolute atomic E-state index is 12.0. The number of hydrogen-bond acceptors (Lipinski definition) is 4. The van der Waals surface area contributed by atoms with Crippen molar-refractivity contribution in [3.05, 3.63) is 0 Å². The van der Waals surface area contributed by atoms with Gasteiger partial charge in [-0.15, -0.1) is 0 Å². The lowest BCUT2D eigenvalue weighted by molar-refractivity contribution is -0.154. The Hall–Kier alpha value is -1.11. The van der Waals surface area contributed by atoms with Gasteiger partial charge in [-0.2, -0.15) is 0 Å². The number of nitrogens with one attached hydrogen (secondary N) is 1. The highest BCUT2D eigenvalue weighted by Crippen LogP contribution is 2.39. The average molecular weight is 317 g/mol. The molecule has 2 aliphatic rings. The van der Waals surface area contributed by atoms with Crippen molar-refractivity contribution in [2.24, 2.45) is 11.3 Å². The lowest BCUT2D eigenvalue weighted by Gasteiger charge is -2.32. The van der Waals surface area contributed by atoms with Crippen molar-refractivity contribution < 1.29 is 23.1 Å². The van der Waals surface area contributed by atoms with E-state index in [1.165, 1.54) is 0 Å². The molecule has 120 valence electrons. The second kappa shape index (κ2) is 6.34. The first kappa shape index (κ1) is 16.3. The quantitative estimate of drug-likeness (QED) is 0.786. The van der Waals surface area contributed by atoms with E-state index < -0.39 is 21.2 Å². The van der Waals surface area contributed by atoms with E-state index >= 15 is 0 Å². The Morgan fingerprint density at radius 3 is 2.38 bits per heavy atom. The third-order valence-corrected chi connectivity index (χ3v) is 6.51. The SMILES string of the molecule is O=C(CC1(C(=O)O)CCCCC1)NCC1CCS(=O)(=O)C1. The van der Waals surface area contributed by atoms with E-state index in [0.717, 1.165) is 19.3 Å². The molecule has 6 nitrogen and oxygen atoms in total. The summed E-state index contributed by atoms with van der Waals surface area (Å²) in [6.45, 7) is 0.327. The highest BCUT2D eigenvalue weighted by Gasteiger charge is 2.41. The molecule has 1 saturated heterocycles. The number of carboxylic acids is 1. The molecule has 1 amide bonds. The largest absolute Gasteiger partial charge is 0.481 e. The zero-order chi connectivity index (χ0) is 15.5. The van der Waals surface area contributed by atoms with Gasteiger partial charge in [-0.3, -0.25) is 9.59 Å². The molecule has 7 heteroatoms. The van der Waals surface area contributed by atoms with Crippen LogP contribution in [-0.2, 0) is 19.4 Å².